The van der Waals surface area contributed by atoms with E-state index in [9.17, 15) is 10.2 Å². The average molecular weight is 195 g/mol. The summed E-state index contributed by atoms with van der Waals surface area (Å²) in [7, 11) is 1.84. The number of aryl methyl sites for hydroxylation is 1. The molecule has 0 unspecified atom stereocenters. The Morgan fingerprint density at radius 2 is 2.36 bits per heavy atom. The molecule has 77 valence electrons. The summed E-state index contributed by atoms with van der Waals surface area (Å²) in [5, 5.41) is 25.3. The van der Waals surface area contributed by atoms with Crippen LogP contribution in [0.4, 0.5) is 0 Å². The lowest BCUT2D eigenvalue weighted by atomic mass is 9.82. The highest BCUT2D eigenvalue weighted by atomic mass is 16.3. The molecule has 0 saturated heterocycles. The molecule has 14 heavy (non-hydrogen) atoms. The number of aliphatic hydroxyl groups excluding tert-OH is 1. The average Bonchev–Trinajstić information content (AvgIpc) is 2.56. The Labute approximate surface area is 83.2 Å². The minimum Gasteiger partial charge on any atom is -0.393 e. The molecule has 0 aromatic carbocycles. The second-order valence-corrected chi connectivity index (χ2v) is 3.99. The van der Waals surface area contributed by atoms with Crippen LogP contribution in [0.3, 0.4) is 0 Å². The molecule has 0 amide bonds. The van der Waals surface area contributed by atoms with E-state index >= 15 is 0 Å². The Bertz CT molecular complexity index is 311. The number of aliphatic hydroxyl groups is 1. The minimum absolute atomic E-state index is 0.0775. The maximum Gasteiger partial charge on any atom is 0.101 e. The first-order chi connectivity index (χ1) is 6.68. The van der Waals surface area contributed by atoms with Crippen molar-refractivity contribution in [2.45, 2.75) is 37.4 Å². The van der Waals surface area contributed by atoms with Crippen molar-refractivity contribution < 1.29 is 10.2 Å². The second kappa shape index (κ2) is 3.71. The van der Waals surface area contributed by atoms with Gasteiger partial charge in [0.15, 0.2) is 0 Å². The molecule has 1 aromatic rings. The van der Waals surface area contributed by atoms with Crippen LogP contribution in [0.5, 0.6) is 0 Å². The van der Waals surface area contributed by atoms with E-state index in [0.717, 1.165) is 5.69 Å². The highest BCUT2D eigenvalue weighted by molar-refractivity contribution is 5.11. The molecule has 1 radical (unpaired) electrons. The van der Waals surface area contributed by atoms with Crippen molar-refractivity contribution in [2.24, 2.45) is 7.05 Å². The van der Waals surface area contributed by atoms with Gasteiger partial charge in [-0.25, -0.2) is 5.11 Å². The maximum absolute atomic E-state index is 11.7. The van der Waals surface area contributed by atoms with Crippen molar-refractivity contribution >= 4 is 0 Å². The van der Waals surface area contributed by atoms with E-state index < -0.39 is 6.10 Å². The standard InChI is InChI=1S/C10H15N2O2/c1-12-9(4-5-11-12)8-6-7(13)2-3-10(8)14/h4-5,7-8,10,13H,2-3,6H2,1H3/t7-,8+,10-/m0/s1. The SMILES string of the molecule is Cn1nccc1[C@H]1C[C@@H](O)CC[C@@H]1[O]. The highest BCUT2D eigenvalue weighted by Crippen LogP contribution is 2.33. The van der Waals surface area contributed by atoms with Crippen LogP contribution >= 0.6 is 0 Å². The summed E-state index contributed by atoms with van der Waals surface area (Å²) in [5.74, 6) is -0.0775. The first-order valence-electron chi connectivity index (χ1n) is 5.00. The fourth-order valence-electron chi connectivity index (χ4n) is 2.18. The Kier molecular flexibility index (Phi) is 2.56. The lowest BCUT2D eigenvalue weighted by molar-refractivity contribution is -0.00710. The molecular weight excluding hydrogens is 180 g/mol. The third-order valence-corrected chi connectivity index (χ3v) is 3.00. The molecule has 3 atom stereocenters. The van der Waals surface area contributed by atoms with Gasteiger partial charge < -0.3 is 5.11 Å². The van der Waals surface area contributed by atoms with Crippen LogP contribution < -0.4 is 0 Å². The molecule has 1 aromatic heterocycles. The molecular formula is C10H15N2O2. The van der Waals surface area contributed by atoms with Gasteiger partial charge in [0.1, 0.15) is 6.10 Å². The van der Waals surface area contributed by atoms with Crippen molar-refractivity contribution in [1.82, 2.24) is 9.78 Å². The predicted octanol–water partition coefficient (Wildman–Crippen LogP) is 0.848. The number of nitrogens with zero attached hydrogens (tertiary/aromatic N) is 2. The molecule has 1 aliphatic carbocycles. The summed E-state index contributed by atoms with van der Waals surface area (Å²) >= 11 is 0. The second-order valence-electron chi connectivity index (χ2n) is 3.99. The van der Waals surface area contributed by atoms with Gasteiger partial charge in [-0.3, -0.25) is 4.68 Å². The van der Waals surface area contributed by atoms with Crippen molar-refractivity contribution in [1.29, 1.82) is 0 Å². The van der Waals surface area contributed by atoms with Gasteiger partial charge in [0.2, 0.25) is 0 Å². The van der Waals surface area contributed by atoms with Gasteiger partial charge in [0.05, 0.1) is 6.10 Å². The van der Waals surface area contributed by atoms with Gasteiger partial charge in [0, 0.05) is 24.9 Å². The van der Waals surface area contributed by atoms with Crippen LogP contribution in [0.2, 0.25) is 0 Å². The topological polar surface area (TPSA) is 57.9 Å². The van der Waals surface area contributed by atoms with Gasteiger partial charge in [-0.2, -0.15) is 5.10 Å². The molecule has 0 aliphatic heterocycles. The first-order valence-corrected chi connectivity index (χ1v) is 5.00. The van der Waals surface area contributed by atoms with Crippen molar-refractivity contribution in [3.63, 3.8) is 0 Å². The van der Waals surface area contributed by atoms with Crippen LogP contribution in [0.15, 0.2) is 12.3 Å². The number of rotatable bonds is 1. The smallest absolute Gasteiger partial charge is 0.101 e. The molecule has 1 heterocycles. The molecule has 1 aliphatic rings. The largest absolute Gasteiger partial charge is 0.393 e. The predicted molar refractivity (Wildman–Crippen MR) is 50.3 cm³/mol. The fraction of sp³-hybridized carbons (Fsp3) is 0.700. The maximum atomic E-state index is 11.7. The van der Waals surface area contributed by atoms with Gasteiger partial charge in [-0.1, -0.05) is 0 Å². The fourth-order valence-corrected chi connectivity index (χ4v) is 2.18. The third-order valence-electron chi connectivity index (χ3n) is 3.00. The molecule has 0 bridgehead atoms. The van der Waals surface area contributed by atoms with E-state index in [1.807, 2.05) is 13.1 Å². The van der Waals surface area contributed by atoms with E-state index in [1.165, 1.54) is 0 Å². The van der Waals surface area contributed by atoms with Crippen LogP contribution in [-0.2, 0) is 12.2 Å². The summed E-state index contributed by atoms with van der Waals surface area (Å²) in [4.78, 5) is 0. The van der Waals surface area contributed by atoms with Crippen molar-refractivity contribution in [3.05, 3.63) is 18.0 Å². The first kappa shape index (κ1) is 9.68. The number of hydrogen-bond donors (Lipinski definition) is 1. The zero-order valence-corrected chi connectivity index (χ0v) is 8.26. The van der Waals surface area contributed by atoms with Crippen LogP contribution in [0.25, 0.3) is 0 Å². The van der Waals surface area contributed by atoms with Gasteiger partial charge in [-0.15, -0.1) is 0 Å². The quantitative estimate of drug-likeness (QED) is 0.722. The molecule has 4 heteroatoms. The molecule has 0 spiro atoms. The molecule has 4 nitrogen and oxygen atoms in total. The minimum atomic E-state index is -0.589. The van der Waals surface area contributed by atoms with E-state index in [1.54, 1.807) is 10.9 Å². The summed E-state index contributed by atoms with van der Waals surface area (Å²) < 4.78 is 1.73. The summed E-state index contributed by atoms with van der Waals surface area (Å²) in [6.45, 7) is 0. The Morgan fingerprint density at radius 3 is 3.00 bits per heavy atom. The molecule has 1 fully saturated rings. The zero-order chi connectivity index (χ0) is 10.1. The summed E-state index contributed by atoms with van der Waals surface area (Å²) in [6.07, 6.45) is 2.57. The summed E-state index contributed by atoms with van der Waals surface area (Å²) in [5.41, 5.74) is 0.948. The lowest BCUT2D eigenvalue weighted by Crippen LogP contribution is -2.30. The van der Waals surface area contributed by atoms with Crippen LogP contribution in [-0.4, -0.2) is 27.1 Å². The van der Waals surface area contributed by atoms with Gasteiger partial charge in [-0.05, 0) is 25.3 Å². The van der Waals surface area contributed by atoms with Gasteiger partial charge in [0.25, 0.3) is 0 Å². The van der Waals surface area contributed by atoms with E-state index in [-0.39, 0.29) is 12.0 Å². The van der Waals surface area contributed by atoms with E-state index in [2.05, 4.69) is 5.10 Å². The monoisotopic (exact) mass is 195 g/mol. The Balaban J connectivity index is 2.20. The summed E-state index contributed by atoms with van der Waals surface area (Å²) in [6, 6.07) is 1.87. The number of aromatic nitrogens is 2. The van der Waals surface area contributed by atoms with Crippen molar-refractivity contribution in [2.75, 3.05) is 0 Å². The zero-order valence-electron chi connectivity index (χ0n) is 8.26. The van der Waals surface area contributed by atoms with Crippen LogP contribution in [0, 0.1) is 0 Å². The highest BCUT2D eigenvalue weighted by Gasteiger charge is 2.32. The third kappa shape index (κ3) is 1.67. The molecule has 1 N–H and O–H groups in total. The van der Waals surface area contributed by atoms with E-state index in [4.69, 9.17) is 0 Å². The number of hydrogen-bond acceptors (Lipinski definition) is 2. The van der Waals surface area contributed by atoms with Crippen LogP contribution in [0.1, 0.15) is 30.9 Å². The normalized spacial score (nSPS) is 33.2. The lowest BCUT2D eigenvalue weighted by Gasteiger charge is -2.29. The Morgan fingerprint density at radius 1 is 1.57 bits per heavy atom. The van der Waals surface area contributed by atoms with Gasteiger partial charge >= 0.3 is 0 Å². The van der Waals surface area contributed by atoms with Crippen molar-refractivity contribution in [3.8, 4) is 0 Å². The molecule has 2 rings (SSSR count). The Hall–Kier alpha value is -0.870. The molecule has 1 saturated carbocycles. The van der Waals surface area contributed by atoms with E-state index in [0.29, 0.717) is 19.3 Å².